The van der Waals surface area contributed by atoms with Crippen LogP contribution in [0.5, 0.6) is 0 Å². The van der Waals surface area contributed by atoms with Gasteiger partial charge < -0.3 is 24.2 Å². The quantitative estimate of drug-likeness (QED) is 0.757. The summed E-state index contributed by atoms with van der Waals surface area (Å²) >= 11 is 0. The molecule has 0 aliphatic carbocycles. The molecule has 3 saturated heterocycles. The summed E-state index contributed by atoms with van der Waals surface area (Å²) in [7, 11) is 2.07. The van der Waals surface area contributed by atoms with Crippen LogP contribution in [-0.2, 0) is 9.47 Å². The maximum absolute atomic E-state index is 12.5. The Bertz CT molecular complexity index is 599. The Balaban J connectivity index is 1.36. The number of rotatable bonds is 2. The van der Waals surface area contributed by atoms with Crippen molar-refractivity contribution in [1.82, 2.24) is 20.0 Å². The van der Waals surface area contributed by atoms with Crippen LogP contribution >= 0.6 is 0 Å². The topological polar surface area (TPSA) is 71.0 Å². The Morgan fingerprint density at radius 3 is 2.28 bits per heavy atom. The van der Waals surface area contributed by atoms with E-state index >= 15 is 0 Å². The van der Waals surface area contributed by atoms with E-state index in [0.717, 1.165) is 57.9 Å². The van der Waals surface area contributed by atoms with Crippen molar-refractivity contribution in [3.8, 4) is 0 Å². The molecule has 3 fully saturated rings. The van der Waals surface area contributed by atoms with Crippen molar-refractivity contribution in [2.24, 2.45) is 0 Å². The highest BCUT2D eigenvalue weighted by Crippen LogP contribution is 2.32. The van der Waals surface area contributed by atoms with Gasteiger partial charge in [0.1, 0.15) is 0 Å². The summed E-state index contributed by atoms with van der Waals surface area (Å²) in [6.07, 6.45) is 1.66. The second kappa shape index (κ2) is 6.86. The maximum Gasteiger partial charge on any atom is 0.274 e. The van der Waals surface area contributed by atoms with Gasteiger partial charge in [-0.3, -0.25) is 4.79 Å². The molecule has 136 valence electrons. The highest BCUT2D eigenvalue weighted by molar-refractivity contribution is 5.92. The maximum atomic E-state index is 12.5. The SMILES string of the molecule is CN1CCN(C(=O)c2ccc(N3CCC4(CC3)OCCO4)nn2)CC1. The molecule has 4 heterocycles. The van der Waals surface area contributed by atoms with Crippen LogP contribution in [0.15, 0.2) is 12.1 Å². The van der Waals surface area contributed by atoms with E-state index in [1.54, 1.807) is 6.07 Å². The van der Waals surface area contributed by atoms with Crippen LogP contribution in [0.25, 0.3) is 0 Å². The van der Waals surface area contributed by atoms with E-state index in [1.807, 2.05) is 11.0 Å². The summed E-state index contributed by atoms with van der Waals surface area (Å²) in [5.41, 5.74) is 0.421. The summed E-state index contributed by atoms with van der Waals surface area (Å²) in [5, 5.41) is 8.46. The fourth-order valence-electron chi connectivity index (χ4n) is 3.64. The zero-order chi connectivity index (χ0) is 17.3. The summed E-state index contributed by atoms with van der Waals surface area (Å²) < 4.78 is 11.5. The average Bonchev–Trinajstić information content (AvgIpc) is 3.11. The molecule has 3 aliphatic heterocycles. The molecule has 1 amide bonds. The Morgan fingerprint density at radius 2 is 1.68 bits per heavy atom. The lowest BCUT2D eigenvalue weighted by Gasteiger charge is -2.37. The number of anilines is 1. The molecule has 0 radical (unpaired) electrons. The van der Waals surface area contributed by atoms with Gasteiger partial charge >= 0.3 is 0 Å². The van der Waals surface area contributed by atoms with Gasteiger partial charge in [0.05, 0.1) is 13.2 Å². The summed E-state index contributed by atoms with van der Waals surface area (Å²) in [4.78, 5) is 18.8. The molecule has 1 aromatic heterocycles. The number of piperazine rings is 1. The zero-order valence-corrected chi connectivity index (χ0v) is 14.7. The first-order valence-electron chi connectivity index (χ1n) is 9.00. The van der Waals surface area contributed by atoms with Gasteiger partial charge in [-0.2, -0.15) is 0 Å². The van der Waals surface area contributed by atoms with Crippen molar-refractivity contribution in [3.05, 3.63) is 17.8 Å². The minimum atomic E-state index is -0.388. The third-order valence-electron chi connectivity index (χ3n) is 5.32. The van der Waals surface area contributed by atoms with Gasteiger partial charge in [-0.15, -0.1) is 10.2 Å². The van der Waals surface area contributed by atoms with Crippen LogP contribution < -0.4 is 4.90 Å². The first-order valence-corrected chi connectivity index (χ1v) is 9.00. The monoisotopic (exact) mass is 347 g/mol. The standard InChI is InChI=1S/C17H25N5O3/c1-20-8-10-22(11-9-20)16(23)14-2-3-15(19-18-14)21-6-4-17(5-7-21)24-12-13-25-17/h2-3H,4-13H2,1H3. The number of ether oxygens (including phenoxy) is 2. The van der Waals surface area contributed by atoms with E-state index in [9.17, 15) is 4.79 Å². The second-order valence-corrected chi connectivity index (χ2v) is 6.97. The Morgan fingerprint density at radius 1 is 1.00 bits per heavy atom. The molecule has 3 aliphatic rings. The number of carbonyl (C=O) groups is 1. The average molecular weight is 347 g/mol. The van der Waals surface area contributed by atoms with Gasteiger partial charge in [-0.05, 0) is 19.2 Å². The molecule has 1 spiro atoms. The summed E-state index contributed by atoms with van der Waals surface area (Å²) in [6, 6.07) is 3.68. The molecule has 25 heavy (non-hydrogen) atoms. The van der Waals surface area contributed by atoms with Crippen LogP contribution in [-0.4, -0.2) is 91.2 Å². The smallest absolute Gasteiger partial charge is 0.274 e. The number of piperidine rings is 1. The minimum absolute atomic E-state index is 0.0301. The van der Waals surface area contributed by atoms with Crippen LogP contribution in [0.2, 0.25) is 0 Å². The van der Waals surface area contributed by atoms with Crippen molar-refractivity contribution < 1.29 is 14.3 Å². The molecule has 0 atom stereocenters. The number of hydrogen-bond donors (Lipinski definition) is 0. The van der Waals surface area contributed by atoms with E-state index in [-0.39, 0.29) is 11.7 Å². The van der Waals surface area contributed by atoms with Crippen molar-refractivity contribution in [1.29, 1.82) is 0 Å². The molecule has 0 bridgehead atoms. The molecular weight excluding hydrogens is 322 g/mol. The minimum Gasteiger partial charge on any atom is -0.355 e. The van der Waals surface area contributed by atoms with Gasteiger partial charge in [-0.1, -0.05) is 0 Å². The molecule has 4 rings (SSSR count). The van der Waals surface area contributed by atoms with Crippen molar-refractivity contribution in [3.63, 3.8) is 0 Å². The third kappa shape index (κ3) is 3.47. The Kier molecular flexibility index (Phi) is 4.58. The van der Waals surface area contributed by atoms with Crippen LogP contribution in [0.4, 0.5) is 5.82 Å². The molecule has 8 nitrogen and oxygen atoms in total. The predicted molar refractivity (Wildman–Crippen MR) is 91.5 cm³/mol. The van der Waals surface area contributed by atoms with Crippen LogP contribution in [0.3, 0.4) is 0 Å². The molecule has 0 aromatic carbocycles. The molecule has 0 N–H and O–H groups in total. The van der Waals surface area contributed by atoms with Crippen molar-refractivity contribution in [2.45, 2.75) is 18.6 Å². The number of carbonyl (C=O) groups excluding carboxylic acids is 1. The number of nitrogens with zero attached hydrogens (tertiary/aromatic N) is 5. The summed E-state index contributed by atoms with van der Waals surface area (Å²) in [6.45, 7) is 6.29. The van der Waals surface area contributed by atoms with Gasteiger partial charge in [0.2, 0.25) is 0 Å². The molecule has 8 heteroatoms. The lowest BCUT2D eigenvalue weighted by Crippen LogP contribution is -2.47. The molecule has 1 aromatic rings. The van der Waals surface area contributed by atoms with Crippen LogP contribution in [0, 0.1) is 0 Å². The van der Waals surface area contributed by atoms with Gasteiger partial charge in [0, 0.05) is 52.1 Å². The summed E-state index contributed by atoms with van der Waals surface area (Å²) in [5.74, 6) is 0.390. The van der Waals surface area contributed by atoms with E-state index < -0.39 is 0 Å². The van der Waals surface area contributed by atoms with E-state index in [4.69, 9.17) is 9.47 Å². The van der Waals surface area contributed by atoms with Gasteiger partial charge in [0.15, 0.2) is 17.3 Å². The number of likely N-dealkylation sites (N-methyl/N-ethyl adjacent to an activating group) is 1. The van der Waals surface area contributed by atoms with Crippen molar-refractivity contribution in [2.75, 3.05) is 64.4 Å². The molecule has 0 unspecified atom stereocenters. The molecule has 0 saturated carbocycles. The second-order valence-electron chi connectivity index (χ2n) is 6.97. The normalized spacial score (nSPS) is 24.0. The lowest BCUT2D eigenvalue weighted by atomic mass is 10.0. The predicted octanol–water partition coefficient (Wildman–Crippen LogP) is 0.208. The van der Waals surface area contributed by atoms with E-state index in [0.29, 0.717) is 18.9 Å². The zero-order valence-electron chi connectivity index (χ0n) is 14.7. The number of aromatic nitrogens is 2. The van der Waals surface area contributed by atoms with E-state index in [2.05, 4.69) is 27.0 Å². The highest BCUT2D eigenvalue weighted by Gasteiger charge is 2.40. The molecular formula is C17H25N5O3. The van der Waals surface area contributed by atoms with E-state index in [1.165, 1.54) is 0 Å². The largest absolute Gasteiger partial charge is 0.355 e. The third-order valence-corrected chi connectivity index (χ3v) is 5.32. The Hall–Kier alpha value is -1.77. The first kappa shape index (κ1) is 16.7. The fourth-order valence-corrected chi connectivity index (χ4v) is 3.64. The van der Waals surface area contributed by atoms with Crippen LogP contribution in [0.1, 0.15) is 23.3 Å². The fraction of sp³-hybridized carbons (Fsp3) is 0.706. The highest BCUT2D eigenvalue weighted by atomic mass is 16.7. The van der Waals surface area contributed by atoms with Gasteiger partial charge in [-0.25, -0.2) is 0 Å². The van der Waals surface area contributed by atoms with Crippen molar-refractivity contribution >= 4 is 11.7 Å². The number of hydrogen-bond acceptors (Lipinski definition) is 7. The Labute approximate surface area is 147 Å². The first-order chi connectivity index (χ1) is 12.2. The lowest BCUT2D eigenvalue weighted by molar-refractivity contribution is -0.169. The number of amides is 1. The van der Waals surface area contributed by atoms with Gasteiger partial charge in [0.25, 0.3) is 5.91 Å².